The van der Waals surface area contributed by atoms with Gasteiger partial charge in [-0.15, -0.1) is 0 Å². The van der Waals surface area contributed by atoms with Crippen molar-refractivity contribution < 1.29 is 33.8 Å². The van der Waals surface area contributed by atoms with E-state index in [-0.39, 0.29) is 17.7 Å². The SMILES string of the molecule is CCOc1cc(/C=C2\C(=O)NC(=O)N(c3ccccc3)C2=O)ccc1OCc1ccc(C(=O)[O-])cc1. The van der Waals surface area contributed by atoms with E-state index in [4.69, 9.17) is 9.47 Å². The molecular formula is C27H21N2O7-. The van der Waals surface area contributed by atoms with Gasteiger partial charge >= 0.3 is 6.03 Å². The van der Waals surface area contributed by atoms with Crippen LogP contribution in [0.2, 0.25) is 0 Å². The van der Waals surface area contributed by atoms with Gasteiger partial charge in [0, 0.05) is 0 Å². The van der Waals surface area contributed by atoms with Crippen LogP contribution in [-0.4, -0.2) is 30.4 Å². The average Bonchev–Trinajstić information content (AvgIpc) is 2.87. The number of nitrogens with one attached hydrogen (secondary N) is 1. The van der Waals surface area contributed by atoms with Crippen LogP contribution in [0.5, 0.6) is 11.5 Å². The Morgan fingerprint density at radius 3 is 2.33 bits per heavy atom. The summed E-state index contributed by atoms with van der Waals surface area (Å²) >= 11 is 0. The monoisotopic (exact) mass is 485 g/mol. The molecule has 0 aromatic heterocycles. The van der Waals surface area contributed by atoms with E-state index in [1.54, 1.807) is 67.6 Å². The summed E-state index contributed by atoms with van der Waals surface area (Å²) in [5.41, 5.74) is 1.43. The van der Waals surface area contributed by atoms with E-state index in [9.17, 15) is 24.3 Å². The second-order valence-electron chi connectivity index (χ2n) is 7.71. The molecule has 0 bridgehead atoms. The number of nitrogens with zero attached hydrogens (tertiary/aromatic N) is 1. The zero-order valence-electron chi connectivity index (χ0n) is 19.2. The first kappa shape index (κ1) is 24.2. The first-order valence-corrected chi connectivity index (χ1v) is 11.0. The number of amides is 4. The Labute approximate surface area is 206 Å². The third kappa shape index (κ3) is 5.25. The molecule has 1 saturated heterocycles. The van der Waals surface area contributed by atoms with Gasteiger partial charge in [-0.2, -0.15) is 0 Å². The van der Waals surface area contributed by atoms with E-state index >= 15 is 0 Å². The van der Waals surface area contributed by atoms with Gasteiger partial charge in [0.05, 0.1) is 18.3 Å². The fourth-order valence-corrected chi connectivity index (χ4v) is 3.54. The van der Waals surface area contributed by atoms with Crippen molar-refractivity contribution in [1.29, 1.82) is 0 Å². The zero-order valence-corrected chi connectivity index (χ0v) is 19.2. The zero-order chi connectivity index (χ0) is 25.7. The molecule has 1 N–H and O–H groups in total. The molecule has 0 atom stereocenters. The number of carbonyl (C=O) groups is 4. The fraction of sp³-hybridized carbons (Fsp3) is 0.111. The second-order valence-corrected chi connectivity index (χ2v) is 7.71. The lowest BCUT2D eigenvalue weighted by Gasteiger charge is -2.26. The molecule has 0 aliphatic carbocycles. The lowest BCUT2D eigenvalue weighted by Crippen LogP contribution is -2.54. The summed E-state index contributed by atoms with van der Waals surface area (Å²) in [7, 11) is 0. The number of carboxylic acid groups (broad SMARTS) is 1. The van der Waals surface area contributed by atoms with Gasteiger partial charge in [0.25, 0.3) is 11.8 Å². The summed E-state index contributed by atoms with van der Waals surface area (Å²) < 4.78 is 11.5. The summed E-state index contributed by atoms with van der Waals surface area (Å²) in [6, 6.07) is 18.5. The topological polar surface area (TPSA) is 125 Å². The fourth-order valence-electron chi connectivity index (χ4n) is 3.54. The highest BCUT2D eigenvalue weighted by Gasteiger charge is 2.36. The van der Waals surface area contributed by atoms with Gasteiger partial charge in [-0.05, 0) is 54.0 Å². The van der Waals surface area contributed by atoms with E-state index in [1.807, 2.05) is 0 Å². The Morgan fingerprint density at radius 1 is 0.944 bits per heavy atom. The number of aromatic carboxylic acids is 1. The summed E-state index contributed by atoms with van der Waals surface area (Å²) in [6.45, 7) is 2.30. The molecule has 1 fully saturated rings. The highest BCUT2D eigenvalue weighted by Crippen LogP contribution is 2.31. The molecule has 0 spiro atoms. The van der Waals surface area contributed by atoms with Crippen LogP contribution in [0.15, 0.2) is 78.4 Å². The van der Waals surface area contributed by atoms with E-state index in [2.05, 4.69) is 5.32 Å². The van der Waals surface area contributed by atoms with E-state index < -0.39 is 23.8 Å². The predicted molar refractivity (Wildman–Crippen MR) is 128 cm³/mol. The molecule has 0 saturated carbocycles. The number of benzene rings is 3. The van der Waals surface area contributed by atoms with Crippen molar-refractivity contribution in [2.45, 2.75) is 13.5 Å². The summed E-state index contributed by atoms with van der Waals surface area (Å²) in [5.74, 6) is -1.99. The number of hydrogen-bond acceptors (Lipinski definition) is 7. The van der Waals surface area contributed by atoms with Crippen LogP contribution in [-0.2, 0) is 16.2 Å². The Morgan fingerprint density at radius 2 is 1.67 bits per heavy atom. The van der Waals surface area contributed by atoms with Crippen molar-refractivity contribution in [3.63, 3.8) is 0 Å². The van der Waals surface area contributed by atoms with Crippen LogP contribution in [0.4, 0.5) is 10.5 Å². The molecule has 3 aromatic rings. The number of carboxylic acids is 1. The van der Waals surface area contributed by atoms with Crippen molar-refractivity contribution in [3.8, 4) is 11.5 Å². The summed E-state index contributed by atoms with van der Waals surface area (Å²) in [6.07, 6.45) is 1.38. The maximum Gasteiger partial charge on any atom is 0.335 e. The van der Waals surface area contributed by atoms with Crippen LogP contribution >= 0.6 is 0 Å². The number of anilines is 1. The Balaban J connectivity index is 1.57. The Bertz CT molecular complexity index is 1350. The Kier molecular flexibility index (Phi) is 7.10. The molecule has 9 heteroatoms. The largest absolute Gasteiger partial charge is 0.545 e. The molecule has 9 nitrogen and oxygen atoms in total. The number of para-hydroxylation sites is 1. The average molecular weight is 485 g/mol. The van der Waals surface area contributed by atoms with Gasteiger partial charge in [0.2, 0.25) is 0 Å². The maximum atomic E-state index is 13.0. The summed E-state index contributed by atoms with van der Waals surface area (Å²) in [4.78, 5) is 49.6. The number of hydrogen-bond donors (Lipinski definition) is 1. The Hall–Kier alpha value is -4.92. The maximum absolute atomic E-state index is 13.0. The van der Waals surface area contributed by atoms with Crippen molar-refractivity contribution in [3.05, 3.63) is 95.1 Å². The van der Waals surface area contributed by atoms with E-state index in [1.165, 1.54) is 18.2 Å². The van der Waals surface area contributed by atoms with Crippen molar-refractivity contribution in [1.82, 2.24) is 5.32 Å². The third-order valence-corrected chi connectivity index (χ3v) is 5.28. The van der Waals surface area contributed by atoms with Gasteiger partial charge in [0.1, 0.15) is 12.2 Å². The second kappa shape index (κ2) is 10.6. The van der Waals surface area contributed by atoms with E-state index in [0.29, 0.717) is 29.4 Å². The molecule has 4 rings (SSSR count). The van der Waals surface area contributed by atoms with Crippen molar-refractivity contribution >= 4 is 35.6 Å². The minimum Gasteiger partial charge on any atom is -0.545 e. The van der Waals surface area contributed by atoms with Crippen molar-refractivity contribution in [2.24, 2.45) is 0 Å². The van der Waals surface area contributed by atoms with Crippen LogP contribution in [0, 0.1) is 0 Å². The molecule has 1 aliphatic heterocycles. The first-order chi connectivity index (χ1) is 17.4. The molecule has 1 heterocycles. The molecule has 182 valence electrons. The van der Waals surface area contributed by atoms with Crippen LogP contribution in [0.3, 0.4) is 0 Å². The normalized spacial score (nSPS) is 14.5. The molecule has 0 unspecified atom stereocenters. The predicted octanol–water partition coefficient (Wildman–Crippen LogP) is 2.69. The number of imide groups is 2. The highest BCUT2D eigenvalue weighted by atomic mass is 16.5. The first-order valence-electron chi connectivity index (χ1n) is 11.0. The van der Waals surface area contributed by atoms with Gasteiger partial charge in [-0.3, -0.25) is 14.9 Å². The summed E-state index contributed by atoms with van der Waals surface area (Å²) in [5, 5.41) is 13.1. The van der Waals surface area contributed by atoms with E-state index in [0.717, 1.165) is 10.5 Å². The molecule has 36 heavy (non-hydrogen) atoms. The number of carbonyl (C=O) groups excluding carboxylic acids is 4. The van der Waals surface area contributed by atoms with Gasteiger partial charge in [-0.25, -0.2) is 9.69 Å². The smallest absolute Gasteiger partial charge is 0.335 e. The lowest BCUT2D eigenvalue weighted by atomic mass is 10.1. The third-order valence-electron chi connectivity index (χ3n) is 5.28. The van der Waals surface area contributed by atoms with Crippen LogP contribution < -0.4 is 24.8 Å². The molecular weight excluding hydrogens is 464 g/mol. The lowest BCUT2D eigenvalue weighted by molar-refractivity contribution is -0.255. The van der Waals surface area contributed by atoms with Gasteiger partial charge in [0.15, 0.2) is 11.5 Å². The van der Waals surface area contributed by atoms with Gasteiger partial charge < -0.3 is 19.4 Å². The number of rotatable bonds is 8. The molecule has 3 aromatic carbocycles. The minimum absolute atomic E-state index is 0.0694. The minimum atomic E-state index is -1.26. The van der Waals surface area contributed by atoms with Gasteiger partial charge in [-0.1, -0.05) is 48.5 Å². The standard InChI is InChI=1S/C27H22N2O7/c1-2-35-23-15-18(10-13-22(23)36-16-17-8-11-19(12-9-17)26(32)33)14-21-24(30)28-27(34)29(25(21)31)20-6-4-3-5-7-20/h3-15H,2,16H2,1H3,(H,32,33)(H,28,30,34)/p-1/b21-14+. The highest BCUT2D eigenvalue weighted by molar-refractivity contribution is 6.39. The number of barbiturate groups is 1. The molecule has 0 radical (unpaired) electrons. The quantitative estimate of drug-likeness (QED) is 0.384. The van der Waals surface area contributed by atoms with Crippen LogP contribution in [0.25, 0.3) is 6.08 Å². The molecule has 4 amide bonds. The number of urea groups is 1. The van der Waals surface area contributed by atoms with Crippen molar-refractivity contribution in [2.75, 3.05) is 11.5 Å². The number of ether oxygens (including phenoxy) is 2. The van der Waals surface area contributed by atoms with Crippen LogP contribution in [0.1, 0.15) is 28.4 Å². The molecule has 1 aliphatic rings.